The Morgan fingerprint density at radius 1 is 1.50 bits per heavy atom. The first kappa shape index (κ1) is 8.75. The van der Waals surface area contributed by atoms with Crippen LogP contribution in [0.25, 0.3) is 0 Å². The molecule has 0 N–H and O–H groups in total. The number of hydrogen-bond acceptors (Lipinski definition) is 1. The molecule has 3 heteroatoms. The lowest BCUT2D eigenvalue weighted by Gasteiger charge is -1.89. The molecule has 0 aliphatic heterocycles. The largest absolute Gasteiger partial charge is 0.148 e. The SMILES string of the molecule is BrCCCc1cc(Br)cs1. The van der Waals surface area contributed by atoms with Gasteiger partial charge in [-0.25, -0.2) is 0 Å². The Bertz CT molecular complexity index is 195. The van der Waals surface area contributed by atoms with Gasteiger partial charge in [0.1, 0.15) is 0 Å². The van der Waals surface area contributed by atoms with E-state index in [0.717, 1.165) is 5.33 Å². The van der Waals surface area contributed by atoms with E-state index in [2.05, 4.69) is 43.3 Å². The Labute approximate surface area is 81.9 Å². The minimum atomic E-state index is 1.10. The molecule has 0 saturated heterocycles. The van der Waals surface area contributed by atoms with Crippen molar-refractivity contribution in [1.29, 1.82) is 0 Å². The third kappa shape index (κ3) is 2.72. The van der Waals surface area contributed by atoms with Gasteiger partial charge in [-0.2, -0.15) is 0 Å². The first-order chi connectivity index (χ1) is 4.83. The molecule has 1 rings (SSSR count). The maximum atomic E-state index is 3.42. The predicted molar refractivity (Wildman–Crippen MR) is 54.1 cm³/mol. The second-order valence-electron chi connectivity index (χ2n) is 2.02. The van der Waals surface area contributed by atoms with Crippen molar-refractivity contribution in [1.82, 2.24) is 0 Å². The van der Waals surface area contributed by atoms with Crippen molar-refractivity contribution in [3.8, 4) is 0 Å². The lowest BCUT2D eigenvalue weighted by molar-refractivity contribution is 0.959. The average Bonchev–Trinajstić information content (AvgIpc) is 2.31. The number of aryl methyl sites for hydroxylation is 1. The molecule has 0 aliphatic rings. The molecule has 0 saturated carbocycles. The zero-order valence-corrected chi connectivity index (χ0v) is 9.43. The minimum absolute atomic E-state index is 1.10. The standard InChI is InChI=1S/C7H8Br2S/c8-3-1-2-7-4-6(9)5-10-7/h4-5H,1-3H2. The minimum Gasteiger partial charge on any atom is -0.148 e. The van der Waals surface area contributed by atoms with Crippen LogP contribution in [0.15, 0.2) is 15.9 Å². The van der Waals surface area contributed by atoms with E-state index in [1.807, 2.05) is 11.3 Å². The van der Waals surface area contributed by atoms with Crippen LogP contribution in [-0.4, -0.2) is 5.33 Å². The molecule has 0 unspecified atom stereocenters. The molecule has 10 heavy (non-hydrogen) atoms. The summed E-state index contributed by atoms with van der Waals surface area (Å²) in [6, 6.07) is 2.19. The molecule has 0 bridgehead atoms. The fourth-order valence-corrected chi connectivity index (χ4v) is 2.50. The fourth-order valence-electron chi connectivity index (χ4n) is 0.726. The van der Waals surface area contributed by atoms with E-state index < -0.39 is 0 Å². The van der Waals surface area contributed by atoms with Gasteiger partial charge in [0.05, 0.1) is 0 Å². The van der Waals surface area contributed by atoms with Crippen LogP contribution in [0.2, 0.25) is 0 Å². The van der Waals surface area contributed by atoms with Gasteiger partial charge in [0, 0.05) is 20.1 Å². The van der Waals surface area contributed by atoms with E-state index in [1.165, 1.54) is 22.2 Å². The van der Waals surface area contributed by atoms with Gasteiger partial charge < -0.3 is 0 Å². The summed E-state index contributed by atoms with van der Waals surface area (Å²) in [5.74, 6) is 0. The molecule has 1 aromatic heterocycles. The smallest absolute Gasteiger partial charge is 0.0285 e. The van der Waals surface area contributed by atoms with Crippen molar-refractivity contribution >= 4 is 43.2 Å². The number of hydrogen-bond donors (Lipinski definition) is 0. The van der Waals surface area contributed by atoms with Gasteiger partial charge in [0.15, 0.2) is 0 Å². The first-order valence-electron chi connectivity index (χ1n) is 3.12. The average molecular weight is 284 g/mol. The van der Waals surface area contributed by atoms with Gasteiger partial charge in [-0.1, -0.05) is 15.9 Å². The Balaban J connectivity index is 2.42. The maximum absolute atomic E-state index is 3.42. The highest BCUT2D eigenvalue weighted by Crippen LogP contribution is 2.20. The van der Waals surface area contributed by atoms with Gasteiger partial charge in [-0.15, -0.1) is 11.3 Å². The van der Waals surface area contributed by atoms with E-state index in [-0.39, 0.29) is 0 Å². The normalized spacial score (nSPS) is 10.2. The van der Waals surface area contributed by atoms with Crippen molar-refractivity contribution in [3.63, 3.8) is 0 Å². The van der Waals surface area contributed by atoms with Crippen molar-refractivity contribution < 1.29 is 0 Å². The van der Waals surface area contributed by atoms with Crippen LogP contribution in [0.5, 0.6) is 0 Å². The molecular formula is C7H8Br2S. The van der Waals surface area contributed by atoms with Crippen molar-refractivity contribution in [2.75, 3.05) is 5.33 Å². The van der Waals surface area contributed by atoms with Crippen LogP contribution >= 0.6 is 43.2 Å². The van der Waals surface area contributed by atoms with Crippen molar-refractivity contribution in [3.05, 3.63) is 20.8 Å². The molecule has 56 valence electrons. The molecular weight excluding hydrogens is 276 g/mol. The van der Waals surface area contributed by atoms with Crippen LogP contribution in [0.1, 0.15) is 11.3 Å². The molecule has 0 radical (unpaired) electrons. The fraction of sp³-hybridized carbons (Fsp3) is 0.429. The third-order valence-corrected chi connectivity index (χ3v) is 3.50. The molecule has 1 heterocycles. The number of thiophene rings is 1. The molecule has 1 aromatic rings. The van der Waals surface area contributed by atoms with E-state index in [4.69, 9.17) is 0 Å². The lowest BCUT2D eigenvalue weighted by atomic mass is 10.3. The van der Waals surface area contributed by atoms with Crippen LogP contribution in [0.3, 0.4) is 0 Å². The van der Waals surface area contributed by atoms with E-state index in [0.29, 0.717) is 0 Å². The summed E-state index contributed by atoms with van der Waals surface area (Å²) in [4.78, 5) is 1.46. The molecule has 0 spiro atoms. The highest BCUT2D eigenvalue weighted by Gasteiger charge is 1.95. The topological polar surface area (TPSA) is 0 Å². The molecule has 0 aromatic carbocycles. The third-order valence-electron chi connectivity index (χ3n) is 1.18. The van der Waals surface area contributed by atoms with Crippen LogP contribution in [0.4, 0.5) is 0 Å². The monoisotopic (exact) mass is 282 g/mol. The first-order valence-corrected chi connectivity index (χ1v) is 5.91. The zero-order valence-electron chi connectivity index (χ0n) is 5.44. The quantitative estimate of drug-likeness (QED) is 0.740. The van der Waals surface area contributed by atoms with E-state index >= 15 is 0 Å². The number of halogens is 2. The summed E-state index contributed by atoms with van der Waals surface area (Å²) in [5, 5.41) is 3.23. The van der Waals surface area contributed by atoms with Gasteiger partial charge in [-0.3, -0.25) is 0 Å². The Kier molecular flexibility index (Phi) is 3.96. The number of rotatable bonds is 3. The van der Waals surface area contributed by atoms with Crippen LogP contribution in [-0.2, 0) is 6.42 Å². The Morgan fingerprint density at radius 2 is 2.30 bits per heavy atom. The van der Waals surface area contributed by atoms with Crippen LogP contribution < -0.4 is 0 Å². The van der Waals surface area contributed by atoms with E-state index in [9.17, 15) is 0 Å². The maximum Gasteiger partial charge on any atom is 0.0285 e. The summed E-state index contributed by atoms with van der Waals surface area (Å²) in [5.41, 5.74) is 0. The molecule has 0 fully saturated rings. The van der Waals surface area contributed by atoms with E-state index in [1.54, 1.807) is 0 Å². The summed E-state index contributed by atoms with van der Waals surface area (Å²) < 4.78 is 1.21. The molecule has 0 amide bonds. The predicted octanol–water partition coefficient (Wildman–Crippen LogP) is 3.84. The van der Waals surface area contributed by atoms with Crippen molar-refractivity contribution in [2.24, 2.45) is 0 Å². The highest BCUT2D eigenvalue weighted by atomic mass is 79.9. The van der Waals surface area contributed by atoms with Gasteiger partial charge in [0.2, 0.25) is 0 Å². The highest BCUT2D eigenvalue weighted by molar-refractivity contribution is 9.10. The molecule has 0 atom stereocenters. The van der Waals surface area contributed by atoms with Gasteiger partial charge in [0.25, 0.3) is 0 Å². The molecule has 0 nitrogen and oxygen atoms in total. The summed E-state index contributed by atoms with van der Waals surface area (Å²) in [7, 11) is 0. The Morgan fingerprint density at radius 3 is 2.80 bits per heavy atom. The molecule has 0 aliphatic carbocycles. The van der Waals surface area contributed by atoms with Crippen molar-refractivity contribution in [2.45, 2.75) is 12.8 Å². The van der Waals surface area contributed by atoms with Gasteiger partial charge in [-0.05, 0) is 34.8 Å². The Hall–Kier alpha value is 0.660. The lowest BCUT2D eigenvalue weighted by Crippen LogP contribution is -1.79. The van der Waals surface area contributed by atoms with Gasteiger partial charge >= 0.3 is 0 Å². The zero-order chi connectivity index (χ0) is 7.40. The second kappa shape index (κ2) is 4.52. The summed E-state index contributed by atoms with van der Waals surface area (Å²) in [6.45, 7) is 0. The van der Waals surface area contributed by atoms with Crippen LogP contribution in [0, 0.1) is 0 Å². The summed E-state index contributed by atoms with van der Waals surface area (Å²) >= 11 is 8.65. The second-order valence-corrected chi connectivity index (χ2v) is 4.73. The summed E-state index contributed by atoms with van der Waals surface area (Å²) in [6.07, 6.45) is 2.43. The number of alkyl halides is 1.